The number of benzene rings is 4. The number of hydrogen-bond donors (Lipinski definition) is 9. The molecule has 59 heavy (non-hydrogen) atoms. The summed E-state index contributed by atoms with van der Waals surface area (Å²) in [4.78, 5) is 26.6. The number of methoxy groups -OCH3 is 1. The SMILES string of the molecule is COc1ccc(-c2cc(C(F)F)nn2-c2ccc(S(N)(=O)=O)cc2)cc1F.O=C1c2c(O)ccc(O)c2C(=O)c2c(NCCNCCO)ccc(NCCNCCO)c21. The number of carbonyl (C=O) groups excluding carboxylic acids is 2. The van der Waals surface area contributed by atoms with Crippen LogP contribution in [0.2, 0.25) is 0 Å². The highest BCUT2D eigenvalue weighted by Crippen LogP contribution is 2.42. The van der Waals surface area contributed by atoms with E-state index in [1.807, 2.05) is 0 Å². The summed E-state index contributed by atoms with van der Waals surface area (Å²) >= 11 is 0. The van der Waals surface area contributed by atoms with Gasteiger partial charge in [0.1, 0.15) is 17.2 Å². The fraction of sp³-hybridized carbons (Fsp3) is 0.256. The van der Waals surface area contributed by atoms with Crippen molar-refractivity contribution < 1.29 is 56.3 Å². The van der Waals surface area contributed by atoms with Gasteiger partial charge in [0.25, 0.3) is 6.43 Å². The average Bonchev–Trinajstić information content (AvgIpc) is 3.67. The third-order valence-corrected chi connectivity index (χ3v) is 9.83. The van der Waals surface area contributed by atoms with E-state index in [0.29, 0.717) is 61.9 Å². The quantitative estimate of drug-likeness (QED) is 0.0473. The number of anilines is 2. The zero-order valence-corrected chi connectivity index (χ0v) is 32.3. The minimum atomic E-state index is -3.90. The second-order valence-electron chi connectivity index (χ2n) is 12.8. The molecule has 4 aromatic carbocycles. The highest BCUT2D eigenvalue weighted by Gasteiger charge is 2.38. The Kier molecular flexibility index (Phi) is 14.7. The van der Waals surface area contributed by atoms with Crippen LogP contribution in [0.1, 0.15) is 44.0 Å². The van der Waals surface area contributed by atoms with Crippen molar-refractivity contribution >= 4 is 33.0 Å². The zero-order chi connectivity index (χ0) is 42.9. The number of halogens is 3. The first kappa shape index (κ1) is 44.1. The van der Waals surface area contributed by atoms with Gasteiger partial charge in [-0.2, -0.15) is 5.10 Å². The Morgan fingerprint density at radius 2 is 1.27 bits per heavy atom. The molecule has 314 valence electrons. The molecule has 5 aromatic rings. The summed E-state index contributed by atoms with van der Waals surface area (Å²) in [5, 5.41) is 59.5. The fourth-order valence-corrected chi connectivity index (χ4v) is 6.67. The molecule has 0 bridgehead atoms. The van der Waals surface area contributed by atoms with Crippen molar-refractivity contribution in [2.24, 2.45) is 5.14 Å². The number of phenols is 2. The van der Waals surface area contributed by atoms with Gasteiger partial charge in [-0.3, -0.25) is 9.59 Å². The third-order valence-electron chi connectivity index (χ3n) is 8.90. The molecular formula is C39H42F3N7O9S. The number of phenolic OH excluding ortho intramolecular Hbond substituents is 2. The van der Waals surface area contributed by atoms with Gasteiger partial charge in [-0.1, -0.05) is 0 Å². The molecule has 6 rings (SSSR count). The lowest BCUT2D eigenvalue weighted by Crippen LogP contribution is -2.28. The number of aromatic hydroxyl groups is 2. The van der Waals surface area contributed by atoms with Gasteiger partial charge in [-0.15, -0.1) is 0 Å². The molecule has 0 radical (unpaired) electrons. The molecule has 0 fully saturated rings. The molecule has 1 aromatic heterocycles. The van der Waals surface area contributed by atoms with Gasteiger partial charge >= 0.3 is 0 Å². The van der Waals surface area contributed by atoms with Crippen LogP contribution < -0.4 is 31.1 Å². The van der Waals surface area contributed by atoms with Gasteiger partial charge in [-0.25, -0.2) is 31.4 Å². The van der Waals surface area contributed by atoms with Gasteiger partial charge in [-0.05, 0) is 72.8 Å². The van der Waals surface area contributed by atoms with E-state index in [-0.39, 0.29) is 63.3 Å². The number of hydrogen-bond acceptors (Lipinski definition) is 14. The Balaban J connectivity index is 0.000000227. The number of carbonyl (C=O) groups is 2. The average molecular weight is 842 g/mol. The van der Waals surface area contributed by atoms with Crippen LogP contribution in [-0.4, -0.2) is 110 Å². The summed E-state index contributed by atoms with van der Waals surface area (Å²) in [6.07, 6.45) is -2.84. The number of fused-ring (bicyclic) bond motifs is 2. The van der Waals surface area contributed by atoms with Crippen molar-refractivity contribution in [3.63, 3.8) is 0 Å². The normalized spacial score (nSPS) is 12.1. The number of nitrogens with one attached hydrogen (secondary N) is 4. The number of aromatic nitrogens is 2. The number of aliphatic hydroxyl groups excluding tert-OH is 2. The number of alkyl halides is 2. The lowest BCUT2D eigenvalue weighted by atomic mass is 9.81. The summed E-state index contributed by atoms with van der Waals surface area (Å²) < 4.78 is 69.1. The highest BCUT2D eigenvalue weighted by atomic mass is 32.2. The van der Waals surface area contributed by atoms with Gasteiger partial charge < -0.3 is 46.4 Å². The number of rotatable bonds is 17. The summed E-state index contributed by atoms with van der Waals surface area (Å²) in [5.41, 5.74) is 0.980. The molecule has 1 aliphatic carbocycles. The number of ketones is 2. The molecule has 10 N–H and O–H groups in total. The van der Waals surface area contributed by atoms with Crippen LogP contribution in [-0.2, 0) is 10.0 Å². The van der Waals surface area contributed by atoms with E-state index in [4.69, 9.17) is 20.1 Å². The van der Waals surface area contributed by atoms with E-state index in [2.05, 4.69) is 26.4 Å². The molecule has 16 nitrogen and oxygen atoms in total. The number of aliphatic hydroxyl groups is 2. The van der Waals surface area contributed by atoms with Gasteiger partial charge in [0.15, 0.2) is 11.6 Å². The Bertz CT molecular complexity index is 2340. The number of nitrogens with two attached hydrogens (primary N) is 1. The number of ether oxygens (including phenoxy) is 1. The minimum Gasteiger partial charge on any atom is -0.507 e. The van der Waals surface area contributed by atoms with Gasteiger partial charge in [0.05, 0.1) is 58.9 Å². The summed E-state index contributed by atoms with van der Waals surface area (Å²) in [5.74, 6) is -2.51. The Morgan fingerprint density at radius 3 is 1.71 bits per heavy atom. The minimum absolute atomic E-state index is 0.00939. The number of primary sulfonamides is 1. The molecule has 0 unspecified atom stereocenters. The zero-order valence-electron chi connectivity index (χ0n) is 31.5. The van der Waals surface area contributed by atoms with E-state index in [1.165, 1.54) is 60.3 Å². The molecule has 0 aliphatic heterocycles. The van der Waals surface area contributed by atoms with Crippen molar-refractivity contribution in [1.82, 2.24) is 20.4 Å². The largest absolute Gasteiger partial charge is 0.507 e. The molecule has 20 heteroatoms. The molecule has 0 spiro atoms. The van der Waals surface area contributed by atoms with Crippen molar-refractivity contribution in [1.29, 1.82) is 0 Å². The molecule has 0 saturated heterocycles. The summed E-state index contributed by atoms with van der Waals surface area (Å²) in [7, 11) is -2.59. The lowest BCUT2D eigenvalue weighted by molar-refractivity contribution is 0.0975. The maximum absolute atomic E-state index is 14.0. The maximum Gasteiger partial charge on any atom is 0.282 e. The first-order chi connectivity index (χ1) is 28.2. The van der Waals surface area contributed by atoms with E-state index < -0.39 is 39.5 Å². The summed E-state index contributed by atoms with van der Waals surface area (Å²) in [6, 6.07) is 16.1. The van der Waals surface area contributed by atoms with Crippen molar-refractivity contribution in [3.05, 3.63) is 107 Å². The number of sulfonamides is 1. The van der Waals surface area contributed by atoms with Crippen LogP contribution in [0, 0.1) is 5.82 Å². The monoisotopic (exact) mass is 841 g/mol. The maximum atomic E-state index is 14.0. The van der Waals surface area contributed by atoms with Crippen LogP contribution in [0.15, 0.2) is 77.7 Å². The van der Waals surface area contributed by atoms with Gasteiger partial charge in [0.2, 0.25) is 21.6 Å². The van der Waals surface area contributed by atoms with E-state index in [1.54, 1.807) is 12.1 Å². The van der Waals surface area contributed by atoms with Crippen molar-refractivity contribution in [3.8, 4) is 34.2 Å². The topological polar surface area (TPSA) is 250 Å². The van der Waals surface area contributed by atoms with E-state index in [9.17, 15) is 41.4 Å². The second-order valence-corrected chi connectivity index (χ2v) is 14.3. The number of nitrogens with zero attached hydrogens (tertiary/aromatic N) is 2. The van der Waals surface area contributed by atoms with E-state index >= 15 is 0 Å². The lowest BCUT2D eigenvalue weighted by Gasteiger charge is -2.25. The Hall–Kier alpha value is -6.03. The molecule has 0 saturated carbocycles. The van der Waals surface area contributed by atoms with Crippen molar-refractivity contribution in [2.75, 3.05) is 70.2 Å². The first-order valence-corrected chi connectivity index (χ1v) is 19.5. The molecule has 1 aliphatic rings. The van der Waals surface area contributed by atoms with Gasteiger partial charge in [0, 0.05) is 56.2 Å². The predicted molar refractivity (Wildman–Crippen MR) is 212 cm³/mol. The van der Waals surface area contributed by atoms with Crippen LogP contribution in [0.3, 0.4) is 0 Å². The van der Waals surface area contributed by atoms with E-state index in [0.717, 1.165) is 12.1 Å². The predicted octanol–water partition coefficient (Wildman–Crippen LogP) is 3.13. The third kappa shape index (κ3) is 10.2. The Morgan fingerprint density at radius 1 is 0.746 bits per heavy atom. The molecule has 0 atom stereocenters. The second kappa shape index (κ2) is 19.6. The van der Waals surface area contributed by atoms with Crippen LogP contribution in [0.25, 0.3) is 16.9 Å². The first-order valence-electron chi connectivity index (χ1n) is 18.0. The Labute approximate surface area is 336 Å². The summed E-state index contributed by atoms with van der Waals surface area (Å²) in [6.45, 7) is 2.81. The smallest absolute Gasteiger partial charge is 0.282 e. The van der Waals surface area contributed by atoms with Crippen molar-refractivity contribution in [2.45, 2.75) is 11.3 Å². The fourth-order valence-electron chi connectivity index (χ4n) is 6.15. The van der Waals surface area contributed by atoms with Crippen LogP contribution >= 0.6 is 0 Å². The molecule has 1 heterocycles. The molecular weight excluding hydrogens is 800 g/mol. The van der Waals surface area contributed by atoms with Crippen LogP contribution in [0.4, 0.5) is 24.5 Å². The standard InChI is InChI=1S/C22H28N4O6.C17H14F3N3O3S/c27-11-9-23-5-7-25-13-1-2-14(26-8-6-24-10-12-28)18-17(13)21(31)19-15(29)3-4-16(30)20(19)22(18)32;1-26-16-7-2-10(8-13(16)18)15-9-14(17(19)20)22-23(15)11-3-5-12(6-4-11)27(21,24)25/h1-4,23-30H,5-12H2;2-9,17H,1H3,(H2,21,24,25). The highest BCUT2D eigenvalue weighted by molar-refractivity contribution is 7.89. The molecule has 0 amide bonds. The van der Waals surface area contributed by atoms with Crippen LogP contribution in [0.5, 0.6) is 17.2 Å².